The van der Waals surface area contributed by atoms with Crippen LogP contribution in [0.1, 0.15) is 33.1 Å². The van der Waals surface area contributed by atoms with Crippen molar-refractivity contribution in [3.8, 4) is 5.75 Å². The van der Waals surface area contributed by atoms with E-state index >= 15 is 0 Å². The summed E-state index contributed by atoms with van der Waals surface area (Å²) in [6.07, 6.45) is 5.26. The Morgan fingerprint density at radius 2 is 1.93 bits per heavy atom. The molecule has 0 bridgehead atoms. The topological polar surface area (TPSA) is 69.3 Å². The second-order valence-electron chi connectivity index (χ2n) is 6.98. The summed E-state index contributed by atoms with van der Waals surface area (Å²) in [5, 5.41) is 2.93. The molecule has 0 spiro atoms. The van der Waals surface area contributed by atoms with E-state index in [1.54, 1.807) is 12.3 Å². The molecule has 0 aliphatic rings. The van der Waals surface area contributed by atoms with E-state index in [4.69, 9.17) is 9.15 Å². The SMILES string of the molecule is Cc1nccn1Cc1cccc(CNC(=O)c2occc2COc2ccccc2)c1. The van der Waals surface area contributed by atoms with Gasteiger partial charge in [-0.2, -0.15) is 0 Å². The molecule has 0 radical (unpaired) electrons. The molecule has 2 aromatic heterocycles. The molecule has 1 amide bonds. The zero-order valence-electron chi connectivity index (χ0n) is 16.7. The maximum absolute atomic E-state index is 12.6. The van der Waals surface area contributed by atoms with Crippen molar-refractivity contribution in [1.82, 2.24) is 14.9 Å². The average molecular weight is 401 g/mol. The van der Waals surface area contributed by atoms with Crippen LogP contribution in [0.2, 0.25) is 0 Å². The normalized spacial score (nSPS) is 10.7. The molecule has 152 valence electrons. The predicted octanol–water partition coefficient (Wildman–Crippen LogP) is 4.34. The van der Waals surface area contributed by atoms with E-state index in [0.29, 0.717) is 12.1 Å². The molecule has 1 N–H and O–H groups in total. The summed E-state index contributed by atoms with van der Waals surface area (Å²) in [7, 11) is 0. The highest BCUT2D eigenvalue weighted by Gasteiger charge is 2.16. The molecule has 6 heteroatoms. The van der Waals surface area contributed by atoms with Crippen LogP contribution in [-0.4, -0.2) is 15.5 Å². The van der Waals surface area contributed by atoms with E-state index in [2.05, 4.69) is 27.0 Å². The van der Waals surface area contributed by atoms with Gasteiger partial charge < -0.3 is 19.0 Å². The predicted molar refractivity (Wildman–Crippen MR) is 113 cm³/mol. The Morgan fingerprint density at radius 1 is 1.10 bits per heavy atom. The Labute approximate surface area is 175 Å². The summed E-state index contributed by atoms with van der Waals surface area (Å²) in [4.78, 5) is 16.9. The lowest BCUT2D eigenvalue weighted by molar-refractivity contribution is 0.0919. The second kappa shape index (κ2) is 9.13. The summed E-state index contributed by atoms with van der Waals surface area (Å²) >= 11 is 0. The minimum atomic E-state index is -0.262. The maximum atomic E-state index is 12.6. The maximum Gasteiger partial charge on any atom is 0.287 e. The van der Waals surface area contributed by atoms with Crippen molar-refractivity contribution in [2.24, 2.45) is 0 Å². The van der Waals surface area contributed by atoms with Gasteiger partial charge in [0.05, 0.1) is 6.26 Å². The first-order valence-electron chi connectivity index (χ1n) is 9.77. The summed E-state index contributed by atoms with van der Waals surface area (Å²) in [5.74, 6) is 1.73. The largest absolute Gasteiger partial charge is 0.489 e. The van der Waals surface area contributed by atoms with Gasteiger partial charge in [0.25, 0.3) is 5.91 Å². The van der Waals surface area contributed by atoms with Crippen molar-refractivity contribution in [2.75, 3.05) is 0 Å². The summed E-state index contributed by atoms with van der Waals surface area (Å²) in [6, 6.07) is 19.4. The number of benzene rings is 2. The summed E-state index contributed by atoms with van der Waals surface area (Å²) in [5.41, 5.74) is 2.88. The molecule has 0 saturated heterocycles. The second-order valence-corrected chi connectivity index (χ2v) is 6.98. The number of nitrogens with one attached hydrogen (secondary N) is 1. The van der Waals surface area contributed by atoms with Gasteiger partial charge in [-0.05, 0) is 36.2 Å². The Kier molecular flexibility index (Phi) is 5.94. The first kappa shape index (κ1) is 19.5. The number of para-hydroxylation sites is 1. The van der Waals surface area contributed by atoms with Crippen molar-refractivity contribution in [1.29, 1.82) is 0 Å². The lowest BCUT2D eigenvalue weighted by atomic mass is 10.1. The number of carbonyl (C=O) groups is 1. The van der Waals surface area contributed by atoms with Gasteiger partial charge in [-0.25, -0.2) is 4.98 Å². The number of rotatable bonds is 8. The average Bonchev–Trinajstić information content (AvgIpc) is 3.41. The molecule has 0 aliphatic heterocycles. The van der Waals surface area contributed by atoms with Crippen LogP contribution < -0.4 is 10.1 Å². The van der Waals surface area contributed by atoms with Crippen LogP contribution in [0.3, 0.4) is 0 Å². The van der Waals surface area contributed by atoms with Gasteiger partial charge in [0.1, 0.15) is 18.2 Å². The number of aromatic nitrogens is 2. The number of imidazole rings is 1. The molecular formula is C24H23N3O3. The fourth-order valence-corrected chi connectivity index (χ4v) is 3.19. The van der Waals surface area contributed by atoms with E-state index in [0.717, 1.165) is 29.2 Å². The lowest BCUT2D eigenvalue weighted by Gasteiger charge is -2.09. The molecule has 0 fully saturated rings. The molecule has 30 heavy (non-hydrogen) atoms. The fraction of sp³-hybridized carbons (Fsp3) is 0.167. The van der Waals surface area contributed by atoms with Gasteiger partial charge in [-0.1, -0.05) is 42.5 Å². The first-order chi connectivity index (χ1) is 14.7. The summed E-state index contributed by atoms with van der Waals surface area (Å²) in [6.45, 7) is 3.40. The first-order valence-corrected chi connectivity index (χ1v) is 9.77. The Hall–Kier alpha value is -3.80. The van der Waals surface area contributed by atoms with Crippen molar-refractivity contribution in [3.05, 3.63) is 108 Å². The Balaban J connectivity index is 1.36. The standard InChI is InChI=1S/C24H23N3O3/c1-18-25-11-12-27(18)16-20-7-5-6-19(14-20)15-26-24(28)23-21(10-13-29-23)17-30-22-8-3-2-4-9-22/h2-14H,15-17H2,1H3,(H,26,28). The molecule has 0 saturated carbocycles. The van der Waals surface area contributed by atoms with Gasteiger partial charge in [0.15, 0.2) is 5.76 Å². The van der Waals surface area contributed by atoms with Gasteiger partial charge in [0.2, 0.25) is 0 Å². The van der Waals surface area contributed by atoms with Crippen molar-refractivity contribution < 1.29 is 13.9 Å². The van der Waals surface area contributed by atoms with Gasteiger partial charge in [0, 0.05) is 31.0 Å². The van der Waals surface area contributed by atoms with Crippen LogP contribution in [0.25, 0.3) is 0 Å². The number of ether oxygens (including phenoxy) is 1. The smallest absolute Gasteiger partial charge is 0.287 e. The van der Waals surface area contributed by atoms with Crippen molar-refractivity contribution in [3.63, 3.8) is 0 Å². The van der Waals surface area contributed by atoms with Gasteiger partial charge >= 0.3 is 0 Å². The number of amides is 1. The van der Waals surface area contributed by atoms with Crippen molar-refractivity contribution >= 4 is 5.91 Å². The molecular weight excluding hydrogens is 378 g/mol. The number of carbonyl (C=O) groups excluding carboxylic acids is 1. The van der Waals surface area contributed by atoms with E-state index in [9.17, 15) is 4.79 Å². The Morgan fingerprint density at radius 3 is 2.73 bits per heavy atom. The van der Waals surface area contributed by atoms with Gasteiger partial charge in [-0.3, -0.25) is 4.79 Å². The minimum Gasteiger partial charge on any atom is -0.489 e. The zero-order valence-corrected chi connectivity index (χ0v) is 16.7. The number of nitrogens with zero attached hydrogens (tertiary/aromatic N) is 2. The molecule has 0 aliphatic carbocycles. The van der Waals surface area contributed by atoms with E-state index < -0.39 is 0 Å². The van der Waals surface area contributed by atoms with Crippen LogP contribution in [0.4, 0.5) is 0 Å². The monoisotopic (exact) mass is 401 g/mol. The van der Waals surface area contributed by atoms with E-state index in [1.807, 2.05) is 55.6 Å². The fourth-order valence-electron chi connectivity index (χ4n) is 3.19. The highest BCUT2D eigenvalue weighted by Crippen LogP contribution is 2.16. The molecule has 2 heterocycles. The highest BCUT2D eigenvalue weighted by atomic mass is 16.5. The number of aryl methyl sites for hydroxylation is 1. The van der Waals surface area contributed by atoms with Crippen molar-refractivity contribution in [2.45, 2.75) is 26.6 Å². The Bertz CT molecular complexity index is 1120. The third kappa shape index (κ3) is 4.78. The molecule has 4 aromatic rings. The number of furan rings is 1. The van der Waals surface area contributed by atoms with Crippen LogP contribution in [-0.2, 0) is 19.7 Å². The third-order valence-electron chi connectivity index (χ3n) is 4.81. The number of hydrogen-bond donors (Lipinski definition) is 1. The molecule has 2 aromatic carbocycles. The minimum absolute atomic E-state index is 0.262. The molecule has 0 atom stereocenters. The zero-order chi connectivity index (χ0) is 20.8. The quantitative estimate of drug-likeness (QED) is 0.477. The molecule has 0 unspecified atom stereocenters. The van der Waals surface area contributed by atoms with Crippen LogP contribution in [0.15, 0.2) is 83.7 Å². The van der Waals surface area contributed by atoms with Crippen LogP contribution in [0, 0.1) is 6.92 Å². The van der Waals surface area contributed by atoms with Crippen LogP contribution >= 0.6 is 0 Å². The van der Waals surface area contributed by atoms with Gasteiger partial charge in [-0.15, -0.1) is 0 Å². The van der Waals surface area contributed by atoms with E-state index in [-0.39, 0.29) is 18.3 Å². The van der Waals surface area contributed by atoms with Crippen LogP contribution in [0.5, 0.6) is 5.75 Å². The summed E-state index contributed by atoms with van der Waals surface area (Å²) < 4.78 is 13.2. The highest BCUT2D eigenvalue weighted by molar-refractivity contribution is 5.92. The molecule has 4 rings (SSSR count). The molecule has 6 nitrogen and oxygen atoms in total. The number of hydrogen-bond acceptors (Lipinski definition) is 4. The third-order valence-corrected chi connectivity index (χ3v) is 4.81. The lowest BCUT2D eigenvalue weighted by Crippen LogP contribution is -2.23. The van der Waals surface area contributed by atoms with E-state index in [1.165, 1.54) is 6.26 Å².